The molecule has 10 heteroatoms. The summed E-state index contributed by atoms with van der Waals surface area (Å²) in [4.78, 5) is 46.5. The molecule has 1 N–H and O–H groups in total. The minimum atomic E-state index is -0.827. The summed E-state index contributed by atoms with van der Waals surface area (Å²) in [5.41, 5.74) is -1.62. The number of nitro groups is 1. The van der Waals surface area contributed by atoms with Crippen molar-refractivity contribution in [3.8, 4) is 5.69 Å². The lowest BCUT2D eigenvalue weighted by Crippen LogP contribution is -2.34. The third-order valence-electron chi connectivity index (χ3n) is 3.14. The van der Waals surface area contributed by atoms with Crippen LogP contribution < -0.4 is 11.4 Å². The van der Waals surface area contributed by atoms with E-state index < -0.39 is 26.1 Å². The first kappa shape index (κ1) is 17.1. The van der Waals surface area contributed by atoms with E-state index >= 15 is 0 Å². The number of nitro benzene ring substituents is 1. The summed E-state index contributed by atoms with van der Waals surface area (Å²) in [6.45, 7) is 1.91. The van der Waals surface area contributed by atoms with Crippen LogP contribution in [0.1, 0.15) is 24.6 Å². The molecule has 0 fully saturated rings. The Labute approximate surface area is 143 Å². The number of H-pyrrole nitrogens is 1. The SMILES string of the molecule is CCCC(I)C(=O)n1[nH]c(=O)n(-c2ccc([N+](=O)[O-])cc2)c1=O. The highest BCUT2D eigenvalue weighted by atomic mass is 127. The summed E-state index contributed by atoms with van der Waals surface area (Å²) < 4.78 is 1.01. The summed E-state index contributed by atoms with van der Waals surface area (Å²) in [6.07, 6.45) is 1.35. The molecule has 1 aromatic carbocycles. The summed E-state index contributed by atoms with van der Waals surface area (Å²) in [5.74, 6) is -0.504. The number of hydrogen-bond acceptors (Lipinski definition) is 5. The lowest BCUT2D eigenvalue weighted by Gasteiger charge is -2.05. The second-order valence-corrected chi connectivity index (χ2v) is 6.24. The molecular formula is C13H13IN4O5. The molecule has 9 nitrogen and oxygen atoms in total. The van der Waals surface area contributed by atoms with Crippen LogP contribution in [0.4, 0.5) is 5.69 Å². The zero-order valence-corrected chi connectivity index (χ0v) is 14.2. The molecule has 0 radical (unpaired) electrons. The molecule has 1 unspecified atom stereocenters. The van der Waals surface area contributed by atoms with E-state index in [4.69, 9.17) is 0 Å². The van der Waals surface area contributed by atoms with E-state index in [1.165, 1.54) is 24.3 Å². The van der Waals surface area contributed by atoms with Crippen LogP contribution >= 0.6 is 22.6 Å². The Morgan fingerprint density at radius 2 is 1.96 bits per heavy atom. The number of aromatic nitrogens is 3. The summed E-state index contributed by atoms with van der Waals surface area (Å²) >= 11 is 1.92. The van der Waals surface area contributed by atoms with Gasteiger partial charge in [0.05, 0.1) is 14.5 Å². The van der Waals surface area contributed by atoms with E-state index in [2.05, 4.69) is 5.10 Å². The molecule has 0 aliphatic carbocycles. The average Bonchev–Trinajstić information content (AvgIpc) is 2.81. The first-order valence-electron chi connectivity index (χ1n) is 6.74. The van der Waals surface area contributed by atoms with E-state index in [0.717, 1.165) is 11.0 Å². The molecule has 2 aromatic rings. The van der Waals surface area contributed by atoms with Crippen molar-refractivity contribution in [3.05, 3.63) is 55.3 Å². The van der Waals surface area contributed by atoms with E-state index in [-0.39, 0.29) is 11.4 Å². The van der Waals surface area contributed by atoms with Gasteiger partial charge in [0.1, 0.15) is 0 Å². The van der Waals surface area contributed by atoms with Gasteiger partial charge in [0, 0.05) is 12.1 Å². The minimum Gasteiger partial charge on any atom is -0.271 e. The predicted octanol–water partition coefficient (Wildman–Crippen LogP) is 1.48. The summed E-state index contributed by atoms with van der Waals surface area (Å²) in [7, 11) is 0. The van der Waals surface area contributed by atoms with Crippen LogP contribution in [0.25, 0.3) is 5.69 Å². The van der Waals surface area contributed by atoms with Crippen molar-refractivity contribution in [1.82, 2.24) is 14.3 Å². The molecular weight excluding hydrogens is 419 g/mol. The van der Waals surface area contributed by atoms with Gasteiger partial charge in [-0.3, -0.25) is 14.9 Å². The van der Waals surface area contributed by atoms with E-state index in [1.54, 1.807) is 0 Å². The summed E-state index contributed by atoms with van der Waals surface area (Å²) in [5, 5.41) is 12.8. The highest BCUT2D eigenvalue weighted by Crippen LogP contribution is 2.13. The third kappa shape index (κ3) is 3.41. The van der Waals surface area contributed by atoms with Gasteiger partial charge in [0.2, 0.25) is 0 Å². The van der Waals surface area contributed by atoms with Gasteiger partial charge in [-0.1, -0.05) is 35.9 Å². The Balaban J connectivity index is 2.46. The van der Waals surface area contributed by atoms with Crippen LogP contribution in [0.15, 0.2) is 33.9 Å². The molecule has 0 aliphatic rings. The van der Waals surface area contributed by atoms with E-state index in [0.29, 0.717) is 11.1 Å². The maximum atomic E-state index is 12.3. The highest BCUT2D eigenvalue weighted by molar-refractivity contribution is 14.1. The third-order valence-corrected chi connectivity index (χ3v) is 4.30. The highest BCUT2D eigenvalue weighted by Gasteiger charge is 2.22. The van der Waals surface area contributed by atoms with Crippen LogP contribution in [0.3, 0.4) is 0 Å². The number of non-ortho nitro benzene ring substituents is 1. The Hall–Kier alpha value is -2.24. The van der Waals surface area contributed by atoms with E-state index in [1.807, 2.05) is 29.5 Å². The van der Waals surface area contributed by atoms with Gasteiger partial charge in [-0.15, -0.1) is 0 Å². The van der Waals surface area contributed by atoms with Gasteiger partial charge in [-0.05, 0) is 18.6 Å². The Bertz CT molecular complexity index is 848. The number of hydrogen-bond donors (Lipinski definition) is 1. The monoisotopic (exact) mass is 432 g/mol. The standard InChI is InChI=1S/C13H13IN4O5/c1-2-3-10(14)11(19)17-13(21)16(12(20)15-17)8-4-6-9(7-5-8)18(22)23/h4-7,10H,2-3H2,1H3,(H,15,20). The van der Waals surface area contributed by atoms with Crippen molar-refractivity contribution in [3.63, 3.8) is 0 Å². The topological polar surface area (TPSA) is 120 Å². The normalized spacial score (nSPS) is 12.1. The molecule has 0 amide bonds. The van der Waals surface area contributed by atoms with Crippen molar-refractivity contribution in [2.75, 3.05) is 0 Å². The van der Waals surface area contributed by atoms with Crippen molar-refractivity contribution in [2.45, 2.75) is 23.7 Å². The Kier molecular flexibility index (Phi) is 5.13. The fourth-order valence-corrected chi connectivity index (χ4v) is 2.90. The van der Waals surface area contributed by atoms with Gasteiger partial charge >= 0.3 is 11.4 Å². The van der Waals surface area contributed by atoms with Crippen LogP contribution in [-0.4, -0.2) is 29.1 Å². The number of alkyl halides is 1. The minimum absolute atomic E-state index is 0.147. The predicted molar refractivity (Wildman–Crippen MR) is 90.6 cm³/mol. The van der Waals surface area contributed by atoms with E-state index in [9.17, 15) is 24.5 Å². The fourth-order valence-electron chi connectivity index (χ4n) is 2.00. The quantitative estimate of drug-likeness (QED) is 0.332. The van der Waals surface area contributed by atoms with Gasteiger partial charge < -0.3 is 0 Å². The molecule has 0 aliphatic heterocycles. The zero-order valence-electron chi connectivity index (χ0n) is 12.1. The number of aromatic amines is 1. The zero-order chi connectivity index (χ0) is 17.1. The molecule has 2 rings (SSSR count). The molecule has 0 saturated heterocycles. The number of halogens is 1. The van der Waals surface area contributed by atoms with Gasteiger partial charge in [-0.25, -0.2) is 19.3 Å². The molecule has 0 saturated carbocycles. The molecule has 1 heterocycles. The largest absolute Gasteiger partial charge is 0.358 e. The second-order valence-electron chi connectivity index (χ2n) is 4.74. The van der Waals surface area contributed by atoms with Crippen molar-refractivity contribution in [1.29, 1.82) is 0 Å². The molecule has 0 bridgehead atoms. The lowest BCUT2D eigenvalue weighted by molar-refractivity contribution is -0.384. The molecule has 0 spiro atoms. The van der Waals surface area contributed by atoms with Crippen molar-refractivity contribution in [2.24, 2.45) is 0 Å². The first-order chi connectivity index (χ1) is 10.9. The molecule has 122 valence electrons. The fraction of sp³-hybridized carbons (Fsp3) is 0.308. The number of rotatable bonds is 5. The van der Waals surface area contributed by atoms with Gasteiger partial charge in [0.25, 0.3) is 11.6 Å². The van der Waals surface area contributed by atoms with Gasteiger partial charge in [-0.2, -0.15) is 4.68 Å². The maximum absolute atomic E-state index is 12.3. The molecule has 1 atom stereocenters. The van der Waals surface area contributed by atoms with Gasteiger partial charge in [0.15, 0.2) is 0 Å². The smallest absolute Gasteiger partial charge is 0.271 e. The van der Waals surface area contributed by atoms with Crippen molar-refractivity contribution >= 4 is 34.2 Å². The summed E-state index contributed by atoms with van der Waals surface area (Å²) in [6, 6.07) is 4.91. The number of benzene rings is 1. The number of nitrogens with zero attached hydrogens (tertiary/aromatic N) is 3. The molecule has 1 aromatic heterocycles. The molecule has 23 heavy (non-hydrogen) atoms. The Morgan fingerprint density at radius 1 is 1.35 bits per heavy atom. The van der Waals surface area contributed by atoms with Crippen LogP contribution in [0.5, 0.6) is 0 Å². The second kappa shape index (κ2) is 6.89. The lowest BCUT2D eigenvalue weighted by atomic mass is 10.2. The Morgan fingerprint density at radius 3 is 2.48 bits per heavy atom. The number of nitrogens with one attached hydrogen (secondary N) is 1. The number of carbonyl (C=O) groups excluding carboxylic acids is 1. The van der Waals surface area contributed by atoms with Crippen LogP contribution in [-0.2, 0) is 0 Å². The first-order valence-corrected chi connectivity index (χ1v) is 7.98. The van der Waals surface area contributed by atoms with Crippen LogP contribution in [0.2, 0.25) is 0 Å². The van der Waals surface area contributed by atoms with Crippen LogP contribution in [0, 0.1) is 10.1 Å². The average molecular weight is 432 g/mol. The number of carbonyl (C=O) groups is 1. The van der Waals surface area contributed by atoms with Crippen molar-refractivity contribution < 1.29 is 9.72 Å². The maximum Gasteiger partial charge on any atom is 0.358 e.